The number of benzene rings is 3. The predicted octanol–water partition coefficient (Wildman–Crippen LogP) is 4.58. The van der Waals surface area contributed by atoms with Crippen LogP contribution in [0.25, 0.3) is 0 Å². The van der Waals surface area contributed by atoms with Crippen LogP contribution < -0.4 is 14.8 Å². The van der Waals surface area contributed by atoms with Gasteiger partial charge in [0, 0.05) is 16.7 Å². The van der Waals surface area contributed by atoms with E-state index >= 15 is 0 Å². The fourth-order valence-electron chi connectivity index (χ4n) is 2.69. The minimum atomic E-state index is -3.66. The summed E-state index contributed by atoms with van der Waals surface area (Å²) in [6.07, 6.45) is 0. The van der Waals surface area contributed by atoms with Crippen molar-refractivity contribution in [1.29, 1.82) is 0 Å². The topological polar surface area (TPSA) is 84.5 Å². The third-order valence-electron chi connectivity index (χ3n) is 4.19. The number of halogens is 1. The smallest absolute Gasteiger partial charge is 0.256 e. The Balaban J connectivity index is 1.68. The van der Waals surface area contributed by atoms with Crippen molar-refractivity contribution >= 4 is 37.5 Å². The maximum atomic E-state index is 12.7. The molecule has 8 heteroatoms. The van der Waals surface area contributed by atoms with Gasteiger partial charge in [-0.3, -0.25) is 4.79 Å². The van der Waals surface area contributed by atoms with E-state index < -0.39 is 15.9 Å². The number of sulfonamides is 1. The van der Waals surface area contributed by atoms with E-state index in [-0.39, 0.29) is 17.0 Å². The summed E-state index contributed by atoms with van der Waals surface area (Å²) < 4.78 is 33.1. The van der Waals surface area contributed by atoms with Gasteiger partial charge in [0.15, 0.2) is 0 Å². The molecule has 0 saturated heterocycles. The Kier molecular flexibility index (Phi) is 7.25. The predicted molar refractivity (Wildman–Crippen MR) is 120 cm³/mol. The highest BCUT2D eigenvalue weighted by Gasteiger charge is 2.18. The summed E-state index contributed by atoms with van der Waals surface area (Å²) in [5.41, 5.74) is 1.85. The average molecular weight is 489 g/mol. The largest absolute Gasteiger partial charge is 0.489 e. The molecule has 156 valence electrons. The third-order valence-corrected chi connectivity index (χ3v) is 6.42. The summed E-state index contributed by atoms with van der Waals surface area (Å²) in [7, 11) is -3.66. The Morgan fingerprint density at radius 1 is 1.00 bits per heavy atom. The van der Waals surface area contributed by atoms with E-state index in [1.807, 2.05) is 30.3 Å². The van der Waals surface area contributed by atoms with Crippen LogP contribution in [0.15, 0.2) is 82.2 Å². The molecule has 3 rings (SSSR count). The lowest BCUT2D eigenvalue weighted by Crippen LogP contribution is -2.23. The molecule has 0 aromatic heterocycles. The van der Waals surface area contributed by atoms with Gasteiger partial charge in [-0.15, -0.1) is 0 Å². The lowest BCUT2D eigenvalue weighted by atomic mass is 10.2. The second kappa shape index (κ2) is 9.88. The number of nitrogens with one attached hydrogen (secondary N) is 2. The second-order valence-corrected chi connectivity index (χ2v) is 9.02. The van der Waals surface area contributed by atoms with Crippen molar-refractivity contribution < 1.29 is 17.9 Å². The first-order valence-electron chi connectivity index (χ1n) is 9.26. The highest BCUT2D eigenvalue weighted by molar-refractivity contribution is 9.10. The summed E-state index contributed by atoms with van der Waals surface area (Å²) in [6, 6.07) is 21.1. The van der Waals surface area contributed by atoms with Crippen LogP contribution in [0.4, 0.5) is 5.69 Å². The van der Waals surface area contributed by atoms with Gasteiger partial charge in [-0.05, 0) is 64.0 Å². The van der Waals surface area contributed by atoms with Crippen molar-refractivity contribution in [3.63, 3.8) is 0 Å². The van der Waals surface area contributed by atoms with Crippen LogP contribution >= 0.6 is 15.9 Å². The number of rotatable bonds is 8. The lowest BCUT2D eigenvalue weighted by Gasteiger charge is -2.11. The molecule has 0 fully saturated rings. The molecule has 0 spiro atoms. The summed E-state index contributed by atoms with van der Waals surface area (Å²) in [6.45, 7) is 2.41. The van der Waals surface area contributed by atoms with Crippen LogP contribution in [-0.4, -0.2) is 20.9 Å². The second-order valence-electron chi connectivity index (χ2n) is 6.40. The van der Waals surface area contributed by atoms with Gasteiger partial charge in [-0.1, -0.05) is 37.3 Å². The van der Waals surface area contributed by atoms with Crippen LogP contribution in [0.5, 0.6) is 5.75 Å². The molecular weight excluding hydrogens is 468 g/mol. The number of hydrogen-bond donors (Lipinski definition) is 2. The minimum Gasteiger partial charge on any atom is -0.489 e. The van der Waals surface area contributed by atoms with E-state index in [9.17, 15) is 13.2 Å². The molecule has 0 saturated carbocycles. The Labute approximate surface area is 184 Å². The quantitative estimate of drug-likeness (QED) is 0.485. The van der Waals surface area contributed by atoms with Crippen molar-refractivity contribution in [1.82, 2.24) is 4.72 Å². The molecule has 0 aliphatic carbocycles. The summed E-state index contributed by atoms with van der Waals surface area (Å²) in [4.78, 5) is 12.7. The molecule has 6 nitrogen and oxygen atoms in total. The number of carbonyl (C=O) groups is 1. The van der Waals surface area contributed by atoms with E-state index in [1.165, 1.54) is 12.1 Å². The van der Waals surface area contributed by atoms with E-state index in [0.717, 1.165) is 5.56 Å². The normalized spacial score (nSPS) is 11.1. The molecule has 30 heavy (non-hydrogen) atoms. The number of ether oxygens (including phenoxy) is 1. The van der Waals surface area contributed by atoms with Crippen LogP contribution in [0.2, 0.25) is 0 Å². The van der Waals surface area contributed by atoms with Gasteiger partial charge in [-0.25, -0.2) is 13.1 Å². The number of amides is 1. The van der Waals surface area contributed by atoms with Crippen molar-refractivity contribution in [2.24, 2.45) is 0 Å². The van der Waals surface area contributed by atoms with Crippen LogP contribution in [0.1, 0.15) is 22.8 Å². The molecule has 0 unspecified atom stereocenters. The van der Waals surface area contributed by atoms with E-state index in [4.69, 9.17) is 4.74 Å². The zero-order chi connectivity index (χ0) is 21.6. The van der Waals surface area contributed by atoms with Gasteiger partial charge in [-0.2, -0.15) is 0 Å². The molecule has 3 aromatic rings. The lowest BCUT2D eigenvalue weighted by molar-refractivity contribution is 0.102. The zero-order valence-electron chi connectivity index (χ0n) is 16.3. The third kappa shape index (κ3) is 5.69. The highest BCUT2D eigenvalue weighted by atomic mass is 79.9. The molecular formula is C22H21BrN2O4S. The van der Waals surface area contributed by atoms with Gasteiger partial charge < -0.3 is 10.1 Å². The van der Waals surface area contributed by atoms with Crippen LogP contribution in [0.3, 0.4) is 0 Å². The Bertz CT molecular complexity index is 1120. The molecule has 0 atom stereocenters. The van der Waals surface area contributed by atoms with Gasteiger partial charge in [0.2, 0.25) is 10.0 Å². The van der Waals surface area contributed by atoms with Crippen molar-refractivity contribution in [3.05, 3.63) is 88.4 Å². The van der Waals surface area contributed by atoms with Crippen LogP contribution in [-0.2, 0) is 16.6 Å². The van der Waals surface area contributed by atoms with E-state index in [0.29, 0.717) is 22.5 Å². The van der Waals surface area contributed by atoms with Crippen molar-refractivity contribution in [3.8, 4) is 5.75 Å². The SMILES string of the molecule is CCNS(=O)(=O)c1ccc(Br)c(C(=O)Nc2ccc(OCc3ccccc3)cc2)c1. The standard InChI is InChI=1S/C22H21BrN2O4S/c1-2-24-30(27,28)19-12-13-21(23)20(14-19)22(26)25-17-8-10-18(11-9-17)29-15-16-6-4-3-5-7-16/h3-14,24H,2,15H2,1H3,(H,25,26). The molecule has 0 radical (unpaired) electrons. The molecule has 0 aliphatic heterocycles. The number of carbonyl (C=O) groups excluding carboxylic acids is 1. The first-order valence-corrected chi connectivity index (χ1v) is 11.5. The van der Waals surface area contributed by atoms with Gasteiger partial charge >= 0.3 is 0 Å². The maximum absolute atomic E-state index is 12.7. The van der Waals surface area contributed by atoms with Crippen molar-refractivity contribution in [2.45, 2.75) is 18.4 Å². The highest BCUT2D eigenvalue weighted by Crippen LogP contribution is 2.23. The summed E-state index contributed by atoms with van der Waals surface area (Å²) in [5, 5.41) is 2.77. The number of anilines is 1. The van der Waals surface area contributed by atoms with Crippen LogP contribution in [0, 0.1) is 0 Å². The van der Waals surface area contributed by atoms with Gasteiger partial charge in [0.1, 0.15) is 12.4 Å². The molecule has 3 aromatic carbocycles. The summed E-state index contributed by atoms with van der Waals surface area (Å²) >= 11 is 3.31. The Hall–Kier alpha value is -2.68. The Morgan fingerprint density at radius 2 is 1.70 bits per heavy atom. The van der Waals surface area contributed by atoms with Crippen molar-refractivity contribution in [2.75, 3.05) is 11.9 Å². The first-order chi connectivity index (χ1) is 14.4. The molecule has 0 bridgehead atoms. The number of hydrogen-bond acceptors (Lipinski definition) is 4. The Morgan fingerprint density at radius 3 is 2.37 bits per heavy atom. The molecule has 2 N–H and O–H groups in total. The fraction of sp³-hybridized carbons (Fsp3) is 0.136. The first kappa shape index (κ1) is 22.0. The molecule has 1 amide bonds. The van der Waals surface area contributed by atoms with Gasteiger partial charge in [0.25, 0.3) is 5.91 Å². The molecule has 0 aliphatic rings. The average Bonchev–Trinajstić information content (AvgIpc) is 2.74. The zero-order valence-corrected chi connectivity index (χ0v) is 18.7. The van der Waals surface area contributed by atoms with E-state index in [1.54, 1.807) is 37.3 Å². The summed E-state index contributed by atoms with van der Waals surface area (Å²) in [5.74, 6) is 0.255. The monoisotopic (exact) mass is 488 g/mol. The van der Waals surface area contributed by atoms with Gasteiger partial charge in [0.05, 0.1) is 10.5 Å². The maximum Gasteiger partial charge on any atom is 0.256 e. The van der Waals surface area contributed by atoms with E-state index in [2.05, 4.69) is 26.0 Å². The minimum absolute atomic E-state index is 0.0300. The fourth-order valence-corrected chi connectivity index (χ4v) is 4.19. The molecule has 0 heterocycles.